The third-order valence-electron chi connectivity index (χ3n) is 6.95. The summed E-state index contributed by atoms with van der Waals surface area (Å²) in [5, 5.41) is 11.8. The number of amides is 2. The van der Waals surface area contributed by atoms with Crippen LogP contribution in [0.1, 0.15) is 11.1 Å². The number of nitrogens with one attached hydrogen (secondary N) is 1. The lowest BCUT2D eigenvalue weighted by molar-refractivity contribution is -0.0598. The standard InChI is InChI=1S/C30H29F2N7O5S.ClH/c1-36(2)15-20-25-27(40)39(23-13-14-24(43-4)35-34-23)30(42)38(16-19-21(31)7-6-8-22(19)32)28(25)45-26(20)17-9-11-18(12-10-17)33-29(41)37(3)44-5;/h6-14H,15-16H2,1-5H3,(H,33,41);1H. The second-order valence-electron chi connectivity index (χ2n) is 10.2. The Balaban J connectivity index is 0.00000480. The lowest BCUT2D eigenvalue weighted by atomic mass is 10.1. The minimum Gasteiger partial charge on any atom is -0.480 e. The molecule has 0 bridgehead atoms. The molecule has 242 valence electrons. The van der Waals surface area contributed by atoms with Crippen molar-refractivity contribution < 1.29 is 23.1 Å². The number of rotatable bonds is 9. The minimum atomic E-state index is -0.848. The van der Waals surface area contributed by atoms with Gasteiger partial charge < -0.3 is 15.0 Å². The van der Waals surface area contributed by atoms with E-state index in [1.807, 2.05) is 19.0 Å². The van der Waals surface area contributed by atoms with E-state index in [2.05, 4.69) is 15.5 Å². The van der Waals surface area contributed by atoms with Crippen LogP contribution in [0.15, 0.2) is 64.2 Å². The van der Waals surface area contributed by atoms with Crippen LogP contribution in [-0.4, -0.2) is 70.7 Å². The zero-order valence-corrected chi connectivity index (χ0v) is 27.0. The van der Waals surface area contributed by atoms with E-state index in [1.54, 1.807) is 24.3 Å². The monoisotopic (exact) mass is 673 g/mol. The number of carbonyl (C=O) groups excluding carboxylic acids is 1. The Labute approximate surface area is 271 Å². The fourth-order valence-corrected chi connectivity index (χ4v) is 5.99. The van der Waals surface area contributed by atoms with E-state index in [1.165, 1.54) is 44.0 Å². The number of benzene rings is 2. The minimum absolute atomic E-state index is 0. The third-order valence-corrected chi connectivity index (χ3v) is 8.25. The van der Waals surface area contributed by atoms with E-state index in [0.29, 0.717) is 28.2 Å². The maximum Gasteiger partial charge on any atom is 0.345 e. The molecule has 0 unspecified atom stereocenters. The van der Waals surface area contributed by atoms with Gasteiger partial charge in [0.25, 0.3) is 5.56 Å². The van der Waals surface area contributed by atoms with E-state index in [9.17, 15) is 23.2 Å². The highest BCUT2D eigenvalue weighted by atomic mass is 35.5. The fourth-order valence-electron chi connectivity index (χ4n) is 4.68. The predicted octanol–water partition coefficient (Wildman–Crippen LogP) is 4.51. The van der Waals surface area contributed by atoms with Crippen LogP contribution in [0.2, 0.25) is 0 Å². The molecule has 0 aliphatic carbocycles. The molecule has 0 aliphatic heterocycles. The Hall–Kier alpha value is -4.70. The number of fused-ring (bicyclic) bond motifs is 1. The Bertz CT molecular complexity index is 1980. The fraction of sp³-hybridized carbons (Fsp3) is 0.233. The molecule has 12 nitrogen and oxygen atoms in total. The van der Waals surface area contributed by atoms with Gasteiger partial charge in [-0.2, -0.15) is 0 Å². The molecule has 0 spiro atoms. The van der Waals surface area contributed by atoms with Crippen LogP contribution in [0.3, 0.4) is 0 Å². The molecule has 46 heavy (non-hydrogen) atoms. The molecular formula is C30H30ClF2N7O5S. The molecular weight excluding hydrogens is 644 g/mol. The molecule has 0 saturated heterocycles. The lowest BCUT2D eigenvalue weighted by Crippen LogP contribution is -2.39. The van der Waals surface area contributed by atoms with Crippen molar-refractivity contribution in [2.75, 3.05) is 40.7 Å². The van der Waals surface area contributed by atoms with Gasteiger partial charge in [-0.3, -0.25) is 14.2 Å². The first-order valence-electron chi connectivity index (χ1n) is 13.5. The van der Waals surface area contributed by atoms with Gasteiger partial charge in [-0.1, -0.05) is 18.2 Å². The van der Waals surface area contributed by atoms with Gasteiger partial charge >= 0.3 is 11.7 Å². The highest BCUT2D eigenvalue weighted by Crippen LogP contribution is 2.38. The zero-order valence-electron chi connectivity index (χ0n) is 25.4. The highest BCUT2D eigenvalue weighted by Gasteiger charge is 2.26. The molecule has 0 fully saturated rings. The van der Waals surface area contributed by atoms with E-state index < -0.39 is 35.5 Å². The van der Waals surface area contributed by atoms with Gasteiger partial charge in [0.2, 0.25) is 5.88 Å². The topological polar surface area (TPSA) is 124 Å². The number of ether oxygens (including phenoxy) is 1. The van der Waals surface area contributed by atoms with Gasteiger partial charge in [0, 0.05) is 35.8 Å². The Kier molecular flexibility index (Phi) is 10.5. The third kappa shape index (κ3) is 6.62. The quantitative estimate of drug-likeness (QED) is 0.227. The van der Waals surface area contributed by atoms with E-state index in [4.69, 9.17) is 9.57 Å². The smallest absolute Gasteiger partial charge is 0.345 e. The summed E-state index contributed by atoms with van der Waals surface area (Å²) >= 11 is 1.15. The largest absolute Gasteiger partial charge is 0.480 e. The molecule has 0 aliphatic rings. The SMILES string of the molecule is COc1ccc(-n2c(=O)c3c(CN(C)C)c(-c4ccc(NC(=O)N(C)OC)cc4)sc3n(Cc3c(F)cccc3F)c2=O)nn1.Cl. The van der Waals surface area contributed by atoms with Crippen molar-refractivity contribution in [1.82, 2.24) is 29.3 Å². The normalized spacial score (nSPS) is 11.0. The number of hydrogen-bond acceptors (Lipinski definition) is 9. The van der Waals surface area contributed by atoms with Crippen molar-refractivity contribution in [1.29, 1.82) is 0 Å². The van der Waals surface area contributed by atoms with Gasteiger partial charge in [-0.05, 0) is 55.6 Å². The first-order chi connectivity index (χ1) is 21.5. The van der Waals surface area contributed by atoms with Gasteiger partial charge in [-0.25, -0.2) is 28.0 Å². The molecule has 5 aromatic rings. The number of urea groups is 1. The number of carbonyl (C=O) groups is 1. The first kappa shape index (κ1) is 34.2. The second kappa shape index (κ2) is 14.2. The maximum absolute atomic E-state index is 14.9. The van der Waals surface area contributed by atoms with Gasteiger partial charge in [0.05, 0.1) is 26.2 Å². The molecule has 2 amide bonds. The van der Waals surface area contributed by atoms with Crippen LogP contribution in [0.4, 0.5) is 19.3 Å². The molecule has 16 heteroatoms. The van der Waals surface area contributed by atoms with Gasteiger partial charge in [0.15, 0.2) is 5.82 Å². The van der Waals surface area contributed by atoms with Crippen LogP contribution in [-0.2, 0) is 17.9 Å². The molecule has 5 rings (SSSR count). The summed E-state index contributed by atoms with van der Waals surface area (Å²) in [6.45, 7) is -0.195. The number of anilines is 1. The number of aromatic nitrogens is 4. The van der Waals surface area contributed by atoms with Crippen molar-refractivity contribution in [3.63, 3.8) is 0 Å². The number of thiophene rings is 1. The number of methoxy groups -OCH3 is 1. The van der Waals surface area contributed by atoms with Crippen LogP contribution < -0.4 is 21.3 Å². The van der Waals surface area contributed by atoms with Crippen molar-refractivity contribution in [3.05, 3.63) is 98.2 Å². The molecule has 3 heterocycles. The molecule has 0 radical (unpaired) electrons. The van der Waals surface area contributed by atoms with E-state index in [0.717, 1.165) is 33.1 Å². The first-order valence-corrected chi connectivity index (χ1v) is 14.3. The van der Waals surface area contributed by atoms with Crippen LogP contribution in [0, 0.1) is 11.6 Å². The van der Waals surface area contributed by atoms with Crippen molar-refractivity contribution in [2.45, 2.75) is 13.1 Å². The number of nitrogens with zero attached hydrogens (tertiary/aromatic N) is 6. The number of hydroxylamine groups is 2. The maximum atomic E-state index is 14.9. The average Bonchev–Trinajstić information content (AvgIpc) is 3.39. The highest BCUT2D eigenvalue weighted by molar-refractivity contribution is 7.22. The lowest BCUT2D eigenvalue weighted by Gasteiger charge is -2.15. The summed E-state index contributed by atoms with van der Waals surface area (Å²) in [7, 11) is 7.89. The molecule has 3 aromatic heterocycles. The van der Waals surface area contributed by atoms with Crippen LogP contribution in [0.25, 0.3) is 26.5 Å². The summed E-state index contributed by atoms with van der Waals surface area (Å²) in [6, 6.07) is 12.7. The Morgan fingerprint density at radius 1 is 0.957 bits per heavy atom. The Morgan fingerprint density at radius 2 is 1.63 bits per heavy atom. The zero-order chi connectivity index (χ0) is 32.4. The molecule has 0 atom stereocenters. The van der Waals surface area contributed by atoms with Gasteiger partial charge in [-0.15, -0.1) is 33.9 Å². The summed E-state index contributed by atoms with van der Waals surface area (Å²) in [5.74, 6) is -1.58. The van der Waals surface area contributed by atoms with Crippen molar-refractivity contribution in [3.8, 4) is 22.1 Å². The summed E-state index contributed by atoms with van der Waals surface area (Å²) in [5.41, 5.74) is -0.0616. The molecule has 2 aromatic carbocycles. The van der Waals surface area contributed by atoms with Crippen LogP contribution >= 0.6 is 23.7 Å². The predicted molar refractivity (Wildman–Crippen MR) is 173 cm³/mol. The molecule has 0 saturated carbocycles. The summed E-state index contributed by atoms with van der Waals surface area (Å²) < 4.78 is 36.8. The van der Waals surface area contributed by atoms with Gasteiger partial charge in [0.1, 0.15) is 16.5 Å². The van der Waals surface area contributed by atoms with E-state index >= 15 is 0 Å². The average molecular weight is 674 g/mol. The second-order valence-corrected chi connectivity index (χ2v) is 11.2. The van der Waals surface area contributed by atoms with Crippen molar-refractivity contribution in [2.24, 2.45) is 0 Å². The number of halogens is 3. The summed E-state index contributed by atoms with van der Waals surface area (Å²) in [4.78, 5) is 48.1. The molecule has 1 N–H and O–H groups in total. The van der Waals surface area contributed by atoms with E-state index in [-0.39, 0.29) is 39.9 Å². The Morgan fingerprint density at radius 3 is 2.20 bits per heavy atom. The number of hydrogen-bond donors (Lipinski definition) is 1. The summed E-state index contributed by atoms with van der Waals surface area (Å²) in [6.07, 6.45) is 0. The van der Waals surface area contributed by atoms with Crippen molar-refractivity contribution >= 4 is 45.7 Å². The van der Waals surface area contributed by atoms with Crippen LogP contribution in [0.5, 0.6) is 5.88 Å².